The summed E-state index contributed by atoms with van der Waals surface area (Å²) in [7, 11) is -4.47. The highest BCUT2D eigenvalue weighted by atomic mass is 32.2. The van der Waals surface area contributed by atoms with Crippen molar-refractivity contribution in [2.45, 2.75) is 74.1 Å². The van der Waals surface area contributed by atoms with Crippen LogP contribution in [0.2, 0.25) is 0 Å². The van der Waals surface area contributed by atoms with Gasteiger partial charge >= 0.3 is 11.5 Å². The number of aliphatic hydroxyl groups is 1. The molecule has 0 aliphatic heterocycles. The number of alkyl halides is 3. The zero-order valence-corrected chi connectivity index (χ0v) is 25.0. The Labute approximate surface area is 255 Å². The lowest BCUT2D eigenvalue weighted by molar-refractivity contribution is -0.150. The zero-order chi connectivity index (χ0) is 33.3. The Morgan fingerprint density at radius 1 is 1.02 bits per heavy atom. The van der Waals surface area contributed by atoms with Crippen LogP contribution in [0.5, 0.6) is 11.5 Å². The highest BCUT2D eigenvalue weighted by Crippen LogP contribution is 2.39. The van der Waals surface area contributed by atoms with E-state index in [-0.39, 0.29) is 35.6 Å². The number of hydrogen-bond acceptors (Lipinski definition) is 8. The molecule has 2 fully saturated rings. The van der Waals surface area contributed by atoms with Crippen molar-refractivity contribution in [1.29, 1.82) is 0 Å². The van der Waals surface area contributed by atoms with Gasteiger partial charge < -0.3 is 30.3 Å². The fraction of sp³-hybridized carbons (Fsp3) is 0.483. The number of hydrogen-bond donors (Lipinski definition) is 4. The van der Waals surface area contributed by atoms with Gasteiger partial charge in [0.2, 0.25) is 5.91 Å². The van der Waals surface area contributed by atoms with Crippen LogP contribution in [0, 0.1) is 17.2 Å². The molecule has 2 aliphatic carbocycles. The number of aliphatic carboxylic acids is 1. The quantitative estimate of drug-likeness (QED) is 0.290. The minimum absolute atomic E-state index is 0.0738. The number of methoxy groups -OCH3 is 1. The largest absolute Gasteiger partial charge is 0.501 e. The van der Waals surface area contributed by atoms with Gasteiger partial charge in [-0.15, -0.1) is 0 Å². The lowest BCUT2D eigenvalue weighted by atomic mass is 9.75. The highest BCUT2D eigenvalue weighted by Gasteiger charge is 2.47. The summed E-state index contributed by atoms with van der Waals surface area (Å²) in [5.74, 6) is -4.92. The molecule has 0 saturated heterocycles. The average Bonchev–Trinajstić information content (AvgIpc) is 3.34. The van der Waals surface area contributed by atoms with Crippen LogP contribution >= 0.6 is 0 Å². The molecular weight excluding hydrogens is 628 g/mol. The number of rotatable bonds is 9. The van der Waals surface area contributed by atoms with Gasteiger partial charge in [-0.05, 0) is 69.7 Å². The second-order valence-corrected chi connectivity index (χ2v) is 13.3. The van der Waals surface area contributed by atoms with Crippen molar-refractivity contribution in [2.75, 3.05) is 12.4 Å². The molecule has 2 saturated carbocycles. The number of ether oxygens (including phenoxy) is 2. The summed E-state index contributed by atoms with van der Waals surface area (Å²) in [5, 5.41) is 24.9. The normalized spacial score (nSPS) is 25.3. The number of carbonyl (C=O) groups excluding carboxylic acids is 2. The molecule has 0 heterocycles. The van der Waals surface area contributed by atoms with E-state index in [1.807, 2.05) is 0 Å². The number of halogens is 4. The molecule has 0 radical (unpaired) electrons. The number of anilines is 1. The number of nitrogens with one attached hydrogen (secondary N) is 2. The van der Waals surface area contributed by atoms with Crippen LogP contribution < -0.4 is 20.1 Å². The van der Waals surface area contributed by atoms with E-state index in [2.05, 4.69) is 10.6 Å². The number of sulfone groups is 1. The first-order valence-corrected chi connectivity index (χ1v) is 15.4. The van der Waals surface area contributed by atoms with E-state index >= 15 is 0 Å². The van der Waals surface area contributed by atoms with Crippen molar-refractivity contribution >= 4 is 33.3 Å². The van der Waals surface area contributed by atoms with E-state index < -0.39 is 73.4 Å². The summed E-state index contributed by atoms with van der Waals surface area (Å²) >= 11 is 0. The Hall–Kier alpha value is -3.92. The summed E-state index contributed by atoms with van der Waals surface area (Å²) in [6.07, 6.45) is -0.257. The van der Waals surface area contributed by atoms with Gasteiger partial charge in [-0.25, -0.2) is 12.8 Å². The molecule has 16 heteroatoms. The van der Waals surface area contributed by atoms with Crippen LogP contribution in [0.15, 0.2) is 41.3 Å². The van der Waals surface area contributed by atoms with E-state index in [9.17, 15) is 50.6 Å². The lowest BCUT2D eigenvalue weighted by Gasteiger charge is -2.34. The number of carboxylic acids is 1. The van der Waals surface area contributed by atoms with Crippen LogP contribution in [0.1, 0.15) is 55.8 Å². The van der Waals surface area contributed by atoms with Crippen molar-refractivity contribution in [2.24, 2.45) is 11.3 Å². The summed E-state index contributed by atoms with van der Waals surface area (Å²) in [6.45, 7) is 1.63. The molecule has 0 spiro atoms. The molecule has 0 aromatic heterocycles. The highest BCUT2D eigenvalue weighted by molar-refractivity contribution is 7.92. The molecule has 2 unspecified atom stereocenters. The van der Waals surface area contributed by atoms with Gasteiger partial charge in [-0.3, -0.25) is 14.4 Å². The fourth-order valence-corrected chi connectivity index (χ4v) is 6.33. The number of aliphatic hydroxyl groups excluding tert-OH is 1. The molecule has 0 bridgehead atoms. The standard InChI is InChI=1S/C29H32F4N2O9S/c1-28(27(39)40)10-8-16(9-11-28)44-23-13-19(22(43-2)14-20(23)30)26(38)35-24-18(6-7-21(24)36)25(37)34-15-4-3-5-17(12-15)45(41,42)29(31,32)33/h3-5,12-14,16,18,21,24,36H,6-11H2,1-2H3,(H,34,37)(H,35,38)(H,39,40)/t16?,18?,21-,24?,28?/m1/s1. The minimum Gasteiger partial charge on any atom is -0.496 e. The number of carbonyl (C=O) groups is 3. The number of amides is 2. The van der Waals surface area contributed by atoms with Crippen LogP contribution in [-0.4, -0.2) is 67.3 Å². The van der Waals surface area contributed by atoms with Gasteiger partial charge in [0.1, 0.15) is 5.75 Å². The third-order valence-corrected chi connectivity index (χ3v) is 9.80. The van der Waals surface area contributed by atoms with Crippen LogP contribution in [0.4, 0.5) is 23.2 Å². The van der Waals surface area contributed by atoms with Crippen molar-refractivity contribution in [3.8, 4) is 11.5 Å². The SMILES string of the molecule is COc1cc(F)c(OC2CCC(C)(C(=O)O)CC2)cc1C(=O)NC1C(C(=O)Nc2cccc(S(=O)(=O)C(F)(F)F)c2)CC[C@H]1O. The molecule has 2 amide bonds. The van der Waals surface area contributed by atoms with E-state index in [1.165, 1.54) is 13.2 Å². The smallest absolute Gasteiger partial charge is 0.496 e. The molecule has 2 aromatic rings. The summed E-state index contributed by atoms with van der Waals surface area (Å²) in [5.41, 5.74) is -6.89. The second kappa shape index (κ2) is 12.8. The maximum Gasteiger partial charge on any atom is 0.501 e. The number of benzene rings is 2. The number of carboxylic acid groups (broad SMARTS) is 1. The summed E-state index contributed by atoms with van der Waals surface area (Å²) in [6, 6.07) is 4.46. The molecule has 2 aromatic carbocycles. The summed E-state index contributed by atoms with van der Waals surface area (Å²) in [4.78, 5) is 36.9. The first-order chi connectivity index (χ1) is 21.0. The maximum absolute atomic E-state index is 14.9. The monoisotopic (exact) mass is 660 g/mol. The van der Waals surface area contributed by atoms with Gasteiger partial charge in [0.25, 0.3) is 15.7 Å². The van der Waals surface area contributed by atoms with E-state index in [4.69, 9.17) is 9.47 Å². The predicted octanol–water partition coefficient (Wildman–Crippen LogP) is 4.05. The van der Waals surface area contributed by atoms with E-state index in [0.717, 1.165) is 24.3 Å². The van der Waals surface area contributed by atoms with Crippen molar-refractivity contribution in [3.05, 3.63) is 47.8 Å². The summed E-state index contributed by atoms with van der Waals surface area (Å²) < 4.78 is 88.4. The Kier molecular flexibility index (Phi) is 9.68. The van der Waals surface area contributed by atoms with Crippen molar-refractivity contribution in [1.82, 2.24) is 5.32 Å². The van der Waals surface area contributed by atoms with Gasteiger partial charge in [0, 0.05) is 11.8 Å². The van der Waals surface area contributed by atoms with Crippen LogP contribution in [0.25, 0.3) is 0 Å². The third-order valence-electron chi connectivity index (χ3n) is 8.32. The van der Waals surface area contributed by atoms with E-state index in [1.54, 1.807) is 6.92 Å². The molecule has 3 atom stereocenters. The van der Waals surface area contributed by atoms with Gasteiger partial charge in [-0.2, -0.15) is 13.2 Å². The van der Waals surface area contributed by atoms with Gasteiger partial charge in [-0.1, -0.05) is 6.07 Å². The molecule has 4 N–H and O–H groups in total. The third kappa shape index (κ3) is 7.16. The second-order valence-electron chi connectivity index (χ2n) is 11.4. The van der Waals surface area contributed by atoms with Crippen LogP contribution in [-0.2, 0) is 19.4 Å². The van der Waals surface area contributed by atoms with Gasteiger partial charge in [0.05, 0.1) is 47.2 Å². The zero-order valence-electron chi connectivity index (χ0n) is 24.2. The molecule has 4 rings (SSSR count). The Morgan fingerprint density at radius 2 is 1.69 bits per heavy atom. The predicted molar refractivity (Wildman–Crippen MR) is 150 cm³/mol. The Balaban J connectivity index is 1.49. The Bertz CT molecular complexity index is 1570. The van der Waals surface area contributed by atoms with Crippen LogP contribution in [0.3, 0.4) is 0 Å². The maximum atomic E-state index is 14.9. The lowest BCUT2D eigenvalue weighted by Crippen LogP contribution is -2.47. The average molecular weight is 661 g/mol. The first kappa shape index (κ1) is 34.0. The van der Waals surface area contributed by atoms with E-state index in [0.29, 0.717) is 31.7 Å². The Morgan fingerprint density at radius 3 is 2.29 bits per heavy atom. The topological polar surface area (TPSA) is 168 Å². The molecule has 11 nitrogen and oxygen atoms in total. The molecule has 246 valence electrons. The molecule has 45 heavy (non-hydrogen) atoms. The molecular formula is C29H32F4N2O9S. The van der Waals surface area contributed by atoms with Crippen molar-refractivity contribution in [3.63, 3.8) is 0 Å². The van der Waals surface area contributed by atoms with Gasteiger partial charge in [0.15, 0.2) is 11.6 Å². The fourth-order valence-electron chi connectivity index (χ4n) is 5.52. The van der Waals surface area contributed by atoms with Crippen molar-refractivity contribution < 1.29 is 60.0 Å². The molecule has 2 aliphatic rings. The minimum atomic E-state index is -5.67. The first-order valence-electron chi connectivity index (χ1n) is 14.0.